The van der Waals surface area contributed by atoms with Crippen molar-refractivity contribution in [1.29, 1.82) is 5.26 Å². The number of nitriles is 1. The Bertz CT molecular complexity index is 1000. The highest BCUT2D eigenvalue weighted by atomic mass is 19.3. The van der Waals surface area contributed by atoms with Gasteiger partial charge in [0.05, 0.1) is 0 Å². The molecule has 2 aromatic rings. The van der Waals surface area contributed by atoms with Gasteiger partial charge in [0.25, 0.3) is 5.91 Å². The second-order valence-corrected chi connectivity index (χ2v) is 6.68. The average molecular weight is 431 g/mol. The molecule has 0 spiro atoms. The Balaban J connectivity index is 1.97. The van der Waals surface area contributed by atoms with Crippen molar-refractivity contribution in [3.8, 4) is 11.8 Å². The van der Waals surface area contributed by atoms with E-state index in [2.05, 4.69) is 21.5 Å². The number of halogens is 2. The van der Waals surface area contributed by atoms with Crippen LogP contribution in [0.25, 0.3) is 6.08 Å². The number of hydrogen-bond acceptors (Lipinski definition) is 5. The number of carbonyl (C=O) groups is 2. The highest BCUT2D eigenvalue weighted by molar-refractivity contribution is 6.00. The van der Waals surface area contributed by atoms with Crippen LogP contribution in [0.5, 0.6) is 5.75 Å². The predicted molar refractivity (Wildman–Crippen MR) is 110 cm³/mol. The monoisotopic (exact) mass is 431 g/mol. The van der Waals surface area contributed by atoms with Crippen LogP contribution in [0.3, 0.4) is 0 Å². The lowest BCUT2D eigenvalue weighted by Gasteiger charge is -2.08. The number of aromatic nitrogens is 1. The molecule has 0 aliphatic carbocycles. The van der Waals surface area contributed by atoms with Gasteiger partial charge in [0.1, 0.15) is 17.4 Å². The molecule has 9 heteroatoms. The fourth-order valence-corrected chi connectivity index (χ4v) is 2.96. The van der Waals surface area contributed by atoms with Gasteiger partial charge in [0.15, 0.2) is 6.61 Å². The summed E-state index contributed by atoms with van der Waals surface area (Å²) in [5.41, 5.74) is 2.76. The van der Waals surface area contributed by atoms with Crippen LogP contribution in [0.2, 0.25) is 0 Å². The molecule has 0 unspecified atom stereocenters. The van der Waals surface area contributed by atoms with Crippen LogP contribution < -0.4 is 10.1 Å². The second-order valence-electron chi connectivity index (χ2n) is 6.68. The summed E-state index contributed by atoms with van der Waals surface area (Å²) in [6, 6.07) is 8.94. The summed E-state index contributed by atoms with van der Waals surface area (Å²) in [4.78, 5) is 24.2. The lowest BCUT2D eigenvalue weighted by molar-refractivity contribution is -0.142. The molecule has 31 heavy (non-hydrogen) atoms. The maximum absolute atomic E-state index is 12.2. The molecule has 0 saturated carbocycles. The van der Waals surface area contributed by atoms with E-state index in [-0.39, 0.29) is 11.3 Å². The predicted octanol–water partition coefficient (Wildman–Crippen LogP) is 4.21. The molecule has 0 aliphatic rings. The number of ether oxygens (including phenoxy) is 2. The van der Waals surface area contributed by atoms with Gasteiger partial charge in [-0.2, -0.15) is 14.0 Å². The number of aryl methyl sites for hydroxylation is 1. The number of nitrogens with one attached hydrogen (secondary N) is 1. The van der Waals surface area contributed by atoms with E-state index in [9.17, 15) is 23.6 Å². The van der Waals surface area contributed by atoms with E-state index in [1.54, 1.807) is 6.07 Å². The van der Waals surface area contributed by atoms with E-state index in [1.807, 2.05) is 19.9 Å². The van der Waals surface area contributed by atoms with Crippen molar-refractivity contribution in [1.82, 2.24) is 4.57 Å². The SMILES string of the molecule is CCCn1c(C)cc(/C=C(\C#N)C(=O)OCC(=O)Nc2ccc(OC(F)F)cc2)c1C. The lowest BCUT2D eigenvalue weighted by Crippen LogP contribution is -2.21. The van der Waals surface area contributed by atoms with E-state index in [4.69, 9.17) is 4.74 Å². The molecule has 164 valence electrons. The molecule has 1 amide bonds. The molecular weight excluding hydrogens is 408 g/mol. The maximum Gasteiger partial charge on any atom is 0.387 e. The first-order valence-corrected chi connectivity index (χ1v) is 9.55. The van der Waals surface area contributed by atoms with E-state index in [1.165, 1.54) is 30.3 Å². The van der Waals surface area contributed by atoms with Gasteiger partial charge in [0, 0.05) is 23.6 Å². The Labute approximate surface area is 178 Å². The second kappa shape index (κ2) is 10.9. The minimum absolute atomic E-state index is 0.0541. The molecule has 1 aromatic heterocycles. The van der Waals surface area contributed by atoms with Gasteiger partial charge in [-0.05, 0) is 62.2 Å². The number of hydrogen-bond donors (Lipinski definition) is 1. The number of rotatable bonds is 9. The van der Waals surface area contributed by atoms with E-state index in [0.717, 1.165) is 29.9 Å². The van der Waals surface area contributed by atoms with Crippen molar-refractivity contribution in [3.05, 3.63) is 52.9 Å². The van der Waals surface area contributed by atoms with Crippen molar-refractivity contribution >= 4 is 23.6 Å². The van der Waals surface area contributed by atoms with Crippen LogP contribution in [0.1, 0.15) is 30.3 Å². The van der Waals surface area contributed by atoms with Crippen LogP contribution >= 0.6 is 0 Å². The highest BCUT2D eigenvalue weighted by Crippen LogP contribution is 2.20. The number of alkyl halides is 2. The van der Waals surface area contributed by atoms with E-state index < -0.39 is 25.1 Å². The van der Waals surface area contributed by atoms with Gasteiger partial charge >= 0.3 is 12.6 Å². The van der Waals surface area contributed by atoms with Crippen molar-refractivity contribution in [3.63, 3.8) is 0 Å². The van der Waals surface area contributed by atoms with Crippen LogP contribution in [-0.4, -0.2) is 29.7 Å². The summed E-state index contributed by atoms with van der Waals surface area (Å²) in [7, 11) is 0. The molecule has 0 saturated heterocycles. The summed E-state index contributed by atoms with van der Waals surface area (Å²) < 4.78 is 35.5. The number of esters is 1. The fraction of sp³-hybridized carbons (Fsp3) is 0.318. The zero-order valence-corrected chi connectivity index (χ0v) is 17.4. The van der Waals surface area contributed by atoms with Gasteiger partial charge in [-0.1, -0.05) is 6.92 Å². The molecule has 7 nitrogen and oxygen atoms in total. The number of carbonyl (C=O) groups excluding carboxylic acids is 2. The quantitative estimate of drug-likeness (QED) is 0.365. The third-order valence-corrected chi connectivity index (χ3v) is 4.40. The summed E-state index contributed by atoms with van der Waals surface area (Å²) in [6.45, 7) is 3.18. The Hall–Kier alpha value is -3.67. The summed E-state index contributed by atoms with van der Waals surface area (Å²) in [5.74, 6) is -1.62. The van der Waals surface area contributed by atoms with E-state index in [0.29, 0.717) is 5.69 Å². The normalized spacial score (nSPS) is 11.2. The Morgan fingerprint density at radius 2 is 1.94 bits per heavy atom. The summed E-state index contributed by atoms with van der Waals surface area (Å²) in [6.07, 6.45) is 2.39. The summed E-state index contributed by atoms with van der Waals surface area (Å²) >= 11 is 0. The first kappa shape index (κ1) is 23.6. The van der Waals surface area contributed by atoms with Crippen molar-refractivity contribution in [2.75, 3.05) is 11.9 Å². The molecule has 2 rings (SSSR count). The van der Waals surface area contributed by atoms with Crippen LogP contribution in [0.4, 0.5) is 14.5 Å². The third-order valence-electron chi connectivity index (χ3n) is 4.40. The van der Waals surface area contributed by atoms with Crippen LogP contribution in [-0.2, 0) is 20.9 Å². The van der Waals surface area contributed by atoms with Gasteiger partial charge in [0.2, 0.25) is 0 Å². The molecule has 1 aromatic carbocycles. The van der Waals surface area contributed by atoms with Crippen molar-refractivity contribution in [2.24, 2.45) is 0 Å². The Morgan fingerprint density at radius 3 is 2.52 bits per heavy atom. The van der Waals surface area contributed by atoms with Gasteiger partial charge in [-0.3, -0.25) is 4.79 Å². The number of benzene rings is 1. The minimum Gasteiger partial charge on any atom is -0.451 e. The average Bonchev–Trinajstić information content (AvgIpc) is 2.99. The summed E-state index contributed by atoms with van der Waals surface area (Å²) in [5, 5.41) is 11.8. The first-order chi connectivity index (χ1) is 14.7. The molecule has 0 radical (unpaired) electrons. The van der Waals surface area contributed by atoms with Gasteiger partial charge < -0.3 is 19.4 Å². The van der Waals surface area contributed by atoms with E-state index >= 15 is 0 Å². The Kier molecular flexibility index (Phi) is 8.32. The molecule has 0 atom stereocenters. The first-order valence-electron chi connectivity index (χ1n) is 9.55. The number of anilines is 1. The highest BCUT2D eigenvalue weighted by Gasteiger charge is 2.15. The zero-order valence-electron chi connectivity index (χ0n) is 17.4. The van der Waals surface area contributed by atoms with Crippen LogP contribution in [0, 0.1) is 25.2 Å². The molecule has 0 bridgehead atoms. The third kappa shape index (κ3) is 6.67. The van der Waals surface area contributed by atoms with Crippen molar-refractivity contribution in [2.45, 2.75) is 40.3 Å². The number of nitrogens with zero attached hydrogens (tertiary/aromatic N) is 2. The van der Waals surface area contributed by atoms with Crippen LogP contribution in [0.15, 0.2) is 35.9 Å². The maximum atomic E-state index is 12.2. The molecule has 0 aliphatic heterocycles. The topological polar surface area (TPSA) is 93.4 Å². The van der Waals surface area contributed by atoms with Gasteiger partial charge in [-0.15, -0.1) is 0 Å². The fourth-order valence-electron chi connectivity index (χ4n) is 2.96. The molecular formula is C22H23F2N3O4. The molecule has 1 N–H and O–H groups in total. The van der Waals surface area contributed by atoms with Gasteiger partial charge in [-0.25, -0.2) is 4.79 Å². The minimum atomic E-state index is -2.94. The standard InChI is InChI=1S/C22H23F2N3O4/c1-4-9-27-14(2)10-16(15(27)3)11-17(12-25)21(29)30-13-20(28)26-18-5-7-19(8-6-18)31-22(23)24/h5-8,10-11,22H,4,9,13H2,1-3H3,(H,26,28)/b17-11+. The largest absolute Gasteiger partial charge is 0.451 e. The molecule has 1 heterocycles. The Morgan fingerprint density at radius 1 is 1.26 bits per heavy atom. The zero-order chi connectivity index (χ0) is 23.0. The molecule has 0 fully saturated rings. The number of amides is 1. The van der Waals surface area contributed by atoms with Crippen molar-refractivity contribution < 1.29 is 27.8 Å². The smallest absolute Gasteiger partial charge is 0.387 e. The lowest BCUT2D eigenvalue weighted by atomic mass is 10.1.